The molecule has 0 aromatic heterocycles. The third kappa shape index (κ3) is 5.62. The van der Waals surface area contributed by atoms with Crippen molar-refractivity contribution in [2.75, 3.05) is 0 Å². The van der Waals surface area contributed by atoms with Crippen molar-refractivity contribution in [1.29, 1.82) is 0 Å². The highest BCUT2D eigenvalue weighted by atomic mass is 16.1. The predicted molar refractivity (Wildman–Crippen MR) is 55.6 cm³/mol. The van der Waals surface area contributed by atoms with E-state index in [4.69, 9.17) is 0 Å². The standard InChI is InChI=1S/C12H20O/c1-2-3-4-5-6-12(13)10-9-11-7-8-11/h9-11H,2-8H2,1H3. The number of rotatable bonds is 7. The SMILES string of the molecule is CCCCCCC(=O)C=CC1CC1. The fraction of sp³-hybridized carbons (Fsp3) is 0.750. The minimum absolute atomic E-state index is 0.322. The summed E-state index contributed by atoms with van der Waals surface area (Å²) in [4.78, 5) is 11.3. The van der Waals surface area contributed by atoms with Crippen LogP contribution in [0.15, 0.2) is 12.2 Å². The number of hydrogen-bond acceptors (Lipinski definition) is 1. The van der Waals surface area contributed by atoms with Gasteiger partial charge in [0.05, 0.1) is 0 Å². The van der Waals surface area contributed by atoms with Gasteiger partial charge in [0.25, 0.3) is 0 Å². The minimum atomic E-state index is 0.322. The molecule has 0 N–H and O–H groups in total. The minimum Gasteiger partial charge on any atom is -0.295 e. The van der Waals surface area contributed by atoms with E-state index < -0.39 is 0 Å². The van der Waals surface area contributed by atoms with Gasteiger partial charge in [-0.3, -0.25) is 4.79 Å². The Hall–Kier alpha value is -0.590. The first-order chi connectivity index (χ1) is 6.33. The lowest BCUT2D eigenvalue weighted by molar-refractivity contribution is -0.114. The van der Waals surface area contributed by atoms with Crippen molar-refractivity contribution in [2.45, 2.75) is 51.9 Å². The maximum absolute atomic E-state index is 11.3. The highest BCUT2D eigenvalue weighted by Crippen LogP contribution is 2.30. The molecule has 0 radical (unpaired) electrons. The Morgan fingerprint density at radius 1 is 1.31 bits per heavy atom. The van der Waals surface area contributed by atoms with Crippen LogP contribution < -0.4 is 0 Å². The van der Waals surface area contributed by atoms with E-state index >= 15 is 0 Å². The van der Waals surface area contributed by atoms with E-state index in [0.29, 0.717) is 5.78 Å². The molecule has 0 aromatic carbocycles. The van der Waals surface area contributed by atoms with E-state index in [9.17, 15) is 4.79 Å². The summed E-state index contributed by atoms with van der Waals surface area (Å²) >= 11 is 0. The summed E-state index contributed by atoms with van der Waals surface area (Å²) in [6.45, 7) is 2.19. The Kier molecular flexibility index (Phi) is 4.81. The molecule has 1 fully saturated rings. The van der Waals surface area contributed by atoms with Gasteiger partial charge in [-0.2, -0.15) is 0 Å². The summed E-state index contributed by atoms with van der Waals surface area (Å²) in [6, 6.07) is 0. The molecule has 1 heteroatoms. The molecule has 74 valence electrons. The number of carbonyl (C=O) groups is 1. The fourth-order valence-corrected chi connectivity index (χ4v) is 1.34. The molecule has 1 saturated carbocycles. The average Bonchev–Trinajstić information content (AvgIpc) is 2.92. The zero-order chi connectivity index (χ0) is 9.52. The van der Waals surface area contributed by atoms with E-state index in [1.54, 1.807) is 6.08 Å². The summed E-state index contributed by atoms with van der Waals surface area (Å²) < 4.78 is 0. The Morgan fingerprint density at radius 3 is 2.69 bits per heavy atom. The summed E-state index contributed by atoms with van der Waals surface area (Å²) in [5.74, 6) is 1.06. The molecule has 13 heavy (non-hydrogen) atoms. The van der Waals surface area contributed by atoms with E-state index in [2.05, 4.69) is 13.0 Å². The van der Waals surface area contributed by atoms with Gasteiger partial charge in [0.15, 0.2) is 5.78 Å². The van der Waals surface area contributed by atoms with Crippen LogP contribution in [0.5, 0.6) is 0 Å². The number of hydrogen-bond donors (Lipinski definition) is 0. The lowest BCUT2D eigenvalue weighted by Crippen LogP contribution is -1.92. The van der Waals surface area contributed by atoms with Crippen LogP contribution in [0.4, 0.5) is 0 Å². The van der Waals surface area contributed by atoms with E-state index in [-0.39, 0.29) is 0 Å². The zero-order valence-electron chi connectivity index (χ0n) is 8.59. The monoisotopic (exact) mass is 180 g/mol. The molecule has 1 nitrogen and oxygen atoms in total. The normalized spacial score (nSPS) is 16.7. The third-order valence-electron chi connectivity index (χ3n) is 2.45. The first kappa shape index (κ1) is 10.5. The highest BCUT2D eigenvalue weighted by Gasteiger charge is 2.17. The van der Waals surface area contributed by atoms with Crippen LogP contribution in [-0.2, 0) is 4.79 Å². The van der Waals surface area contributed by atoms with Crippen molar-refractivity contribution in [3.8, 4) is 0 Å². The van der Waals surface area contributed by atoms with E-state index in [0.717, 1.165) is 18.8 Å². The first-order valence-electron chi connectivity index (χ1n) is 5.54. The van der Waals surface area contributed by atoms with Gasteiger partial charge in [-0.05, 0) is 31.3 Å². The van der Waals surface area contributed by atoms with Crippen LogP contribution in [0.1, 0.15) is 51.9 Å². The Bertz CT molecular complexity index is 178. The van der Waals surface area contributed by atoms with Crippen LogP contribution in [0.3, 0.4) is 0 Å². The second kappa shape index (κ2) is 5.95. The molecule has 0 spiro atoms. The molecule has 1 aliphatic carbocycles. The molecular weight excluding hydrogens is 160 g/mol. The molecule has 1 aliphatic rings. The van der Waals surface area contributed by atoms with E-state index in [1.807, 2.05) is 0 Å². The van der Waals surface area contributed by atoms with Crippen molar-refractivity contribution in [3.05, 3.63) is 12.2 Å². The van der Waals surface area contributed by atoms with Gasteiger partial charge >= 0.3 is 0 Å². The molecule has 0 aromatic rings. The summed E-state index contributed by atoms with van der Waals surface area (Å²) in [5, 5.41) is 0. The van der Waals surface area contributed by atoms with Crippen LogP contribution in [0.25, 0.3) is 0 Å². The van der Waals surface area contributed by atoms with Gasteiger partial charge in [-0.1, -0.05) is 32.3 Å². The second-order valence-electron chi connectivity index (χ2n) is 3.97. The van der Waals surface area contributed by atoms with Gasteiger partial charge in [0.2, 0.25) is 0 Å². The van der Waals surface area contributed by atoms with Crippen LogP contribution in [0, 0.1) is 5.92 Å². The molecule has 0 atom stereocenters. The first-order valence-corrected chi connectivity index (χ1v) is 5.54. The number of allylic oxidation sites excluding steroid dienone is 2. The molecule has 0 amide bonds. The zero-order valence-corrected chi connectivity index (χ0v) is 8.59. The Morgan fingerprint density at radius 2 is 2.08 bits per heavy atom. The largest absolute Gasteiger partial charge is 0.295 e. The number of ketones is 1. The highest BCUT2D eigenvalue weighted by molar-refractivity contribution is 5.89. The van der Waals surface area contributed by atoms with Crippen molar-refractivity contribution in [2.24, 2.45) is 5.92 Å². The van der Waals surface area contributed by atoms with Crippen LogP contribution >= 0.6 is 0 Å². The van der Waals surface area contributed by atoms with E-state index in [1.165, 1.54) is 32.1 Å². The van der Waals surface area contributed by atoms with Crippen molar-refractivity contribution in [1.82, 2.24) is 0 Å². The van der Waals surface area contributed by atoms with Crippen molar-refractivity contribution in [3.63, 3.8) is 0 Å². The average molecular weight is 180 g/mol. The molecule has 0 aliphatic heterocycles. The lowest BCUT2D eigenvalue weighted by Gasteiger charge is -1.95. The van der Waals surface area contributed by atoms with Gasteiger partial charge in [-0.25, -0.2) is 0 Å². The molecule has 0 saturated heterocycles. The maximum Gasteiger partial charge on any atom is 0.155 e. The molecule has 0 bridgehead atoms. The topological polar surface area (TPSA) is 17.1 Å². The summed E-state index contributed by atoms with van der Waals surface area (Å²) in [6.07, 6.45) is 12.0. The van der Waals surface area contributed by atoms with Gasteiger partial charge in [0.1, 0.15) is 0 Å². The second-order valence-corrected chi connectivity index (χ2v) is 3.97. The fourth-order valence-electron chi connectivity index (χ4n) is 1.34. The van der Waals surface area contributed by atoms with Gasteiger partial charge in [0, 0.05) is 6.42 Å². The number of carbonyl (C=O) groups excluding carboxylic acids is 1. The molecular formula is C12H20O. The summed E-state index contributed by atoms with van der Waals surface area (Å²) in [7, 11) is 0. The van der Waals surface area contributed by atoms with Crippen molar-refractivity contribution >= 4 is 5.78 Å². The molecule has 1 rings (SSSR count). The summed E-state index contributed by atoms with van der Waals surface area (Å²) in [5.41, 5.74) is 0. The quantitative estimate of drug-likeness (QED) is 0.433. The third-order valence-corrected chi connectivity index (χ3v) is 2.45. The van der Waals surface area contributed by atoms with Crippen LogP contribution in [0.2, 0.25) is 0 Å². The lowest BCUT2D eigenvalue weighted by atomic mass is 10.1. The van der Waals surface area contributed by atoms with Crippen molar-refractivity contribution < 1.29 is 4.79 Å². The molecule has 0 heterocycles. The smallest absolute Gasteiger partial charge is 0.155 e. The van der Waals surface area contributed by atoms with Gasteiger partial charge < -0.3 is 0 Å². The Balaban J connectivity index is 1.96. The molecule has 0 unspecified atom stereocenters. The van der Waals surface area contributed by atoms with Gasteiger partial charge in [-0.15, -0.1) is 0 Å². The van der Waals surface area contributed by atoms with Crippen LogP contribution in [-0.4, -0.2) is 5.78 Å². The predicted octanol–water partition coefficient (Wildman–Crippen LogP) is 3.49. The number of unbranched alkanes of at least 4 members (excludes halogenated alkanes) is 3. The maximum atomic E-state index is 11.3. The Labute approximate surface area is 81.2 Å².